The Bertz CT molecular complexity index is 1980. The molecule has 0 unspecified atom stereocenters. The van der Waals surface area contributed by atoms with Crippen LogP contribution in [0.15, 0.2) is 98.0 Å². The van der Waals surface area contributed by atoms with Crippen LogP contribution in [0.25, 0.3) is 11.0 Å². The van der Waals surface area contributed by atoms with Gasteiger partial charge in [0.1, 0.15) is 5.58 Å². The van der Waals surface area contributed by atoms with Gasteiger partial charge in [0, 0.05) is 43.7 Å². The van der Waals surface area contributed by atoms with Gasteiger partial charge in [-0.25, -0.2) is 13.2 Å². The van der Waals surface area contributed by atoms with Gasteiger partial charge in [-0.15, -0.1) is 11.3 Å². The number of aromatic carboxylic acids is 1. The standard InChI is InChI=1S/C33H30BrN3O6S2/c1-22-25-21-24(11-12-28(25)43-31(22)33(39)40)45(41,42)37(16-15-23-7-3-2-4-8-23)27-10-6-5-9-26(27)35-17-19-36(20-18-35)32(38)29-13-14-30(34)44-29/h2-14,21H,15-20H2,1H3,(H,39,40). The number of carboxylic acid groups (broad SMARTS) is 1. The second-order valence-electron chi connectivity index (χ2n) is 10.7. The summed E-state index contributed by atoms with van der Waals surface area (Å²) in [5, 5.41) is 9.96. The zero-order valence-corrected chi connectivity index (χ0v) is 27.6. The summed E-state index contributed by atoms with van der Waals surface area (Å²) in [6.07, 6.45) is 0.475. The largest absolute Gasteiger partial charge is 0.475 e. The van der Waals surface area contributed by atoms with Crippen molar-refractivity contribution in [2.24, 2.45) is 0 Å². The molecule has 1 N–H and O–H groups in total. The highest BCUT2D eigenvalue weighted by atomic mass is 79.9. The number of piperazine rings is 1. The van der Waals surface area contributed by atoms with Crippen LogP contribution < -0.4 is 9.21 Å². The van der Waals surface area contributed by atoms with Crippen LogP contribution in [0.3, 0.4) is 0 Å². The highest BCUT2D eigenvalue weighted by Crippen LogP contribution is 2.36. The molecule has 45 heavy (non-hydrogen) atoms. The van der Waals surface area contributed by atoms with Gasteiger partial charge in [-0.3, -0.25) is 9.10 Å². The first kappa shape index (κ1) is 30.9. The zero-order valence-electron chi connectivity index (χ0n) is 24.4. The van der Waals surface area contributed by atoms with Crippen molar-refractivity contribution in [2.45, 2.75) is 18.2 Å². The Kier molecular flexibility index (Phi) is 8.71. The molecule has 3 aromatic carbocycles. The number of hydrogen-bond donors (Lipinski definition) is 1. The molecule has 0 saturated carbocycles. The minimum absolute atomic E-state index is 0.0123. The van der Waals surface area contributed by atoms with Crippen LogP contribution in [-0.2, 0) is 16.4 Å². The molecule has 1 aliphatic rings. The van der Waals surface area contributed by atoms with E-state index in [4.69, 9.17) is 4.42 Å². The summed E-state index contributed by atoms with van der Waals surface area (Å²) in [5.41, 5.74) is 2.96. The van der Waals surface area contributed by atoms with Crippen molar-refractivity contribution in [1.82, 2.24) is 4.90 Å². The van der Waals surface area contributed by atoms with Gasteiger partial charge in [-0.2, -0.15) is 0 Å². The monoisotopic (exact) mass is 707 g/mol. The number of para-hydroxylation sites is 2. The van der Waals surface area contributed by atoms with Crippen LogP contribution in [-0.4, -0.2) is 63.0 Å². The van der Waals surface area contributed by atoms with Crippen LogP contribution in [0.1, 0.15) is 31.4 Å². The first-order chi connectivity index (χ1) is 21.6. The lowest BCUT2D eigenvalue weighted by Gasteiger charge is -2.38. The van der Waals surface area contributed by atoms with E-state index in [9.17, 15) is 23.1 Å². The number of furan rings is 1. The number of nitrogens with zero attached hydrogens (tertiary/aromatic N) is 3. The number of aryl methyl sites for hydroxylation is 1. The second kappa shape index (κ2) is 12.7. The van der Waals surface area contributed by atoms with Crippen molar-refractivity contribution in [2.75, 3.05) is 41.9 Å². The highest BCUT2D eigenvalue weighted by molar-refractivity contribution is 9.11. The minimum atomic E-state index is -4.11. The van der Waals surface area contributed by atoms with E-state index in [2.05, 4.69) is 20.8 Å². The smallest absolute Gasteiger partial charge is 0.372 e. The molecule has 9 nitrogen and oxygen atoms in total. The average molecular weight is 709 g/mol. The lowest BCUT2D eigenvalue weighted by Crippen LogP contribution is -2.49. The molecule has 1 amide bonds. The van der Waals surface area contributed by atoms with Crippen LogP contribution in [0.2, 0.25) is 0 Å². The topological polar surface area (TPSA) is 111 Å². The maximum atomic E-state index is 14.5. The number of amides is 1. The zero-order chi connectivity index (χ0) is 31.7. The van der Waals surface area contributed by atoms with E-state index in [1.54, 1.807) is 6.92 Å². The summed E-state index contributed by atoms with van der Waals surface area (Å²) >= 11 is 4.83. The lowest BCUT2D eigenvalue weighted by atomic mass is 10.1. The summed E-state index contributed by atoms with van der Waals surface area (Å²) in [7, 11) is -4.11. The SMILES string of the molecule is Cc1c(C(=O)O)oc2ccc(S(=O)(=O)N(CCc3ccccc3)c3ccccc3N3CCN(C(=O)c4ccc(Br)s4)CC3)cc12. The fraction of sp³-hybridized carbons (Fsp3) is 0.212. The third kappa shape index (κ3) is 6.22. The number of anilines is 2. The van der Waals surface area contributed by atoms with Crippen molar-refractivity contribution in [3.8, 4) is 0 Å². The molecule has 0 atom stereocenters. The van der Waals surface area contributed by atoms with Crippen molar-refractivity contribution in [1.29, 1.82) is 0 Å². The average Bonchev–Trinajstić information content (AvgIpc) is 3.64. The molecule has 0 radical (unpaired) electrons. The van der Waals surface area contributed by atoms with Crippen LogP contribution >= 0.6 is 27.3 Å². The fourth-order valence-corrected chi connectivity index (χ4v) is 8.48. The quantitative estimate of drug-likeness (QED) is 0.182. The summed E-state index contributed by atoms with van der Waals surface area (Å²) in [6.45, 7) is 3.87. The normalized spacial score (nSPS) is 13.7. The molecular formula is C33H30BrN3O6S2. The number of carboxylic acids is 1. The van der Waals surface area contributed by atoms with Crippen LogP contribution in [0.5, 0.6) is 0 Å². The van der Waals surface area contributed by atoms with E-state index < -0.39 is 16.0 Å². The molecule has 5 aromatic rings. The number of hydrogen-bond acceptors (Lipinski definition) is 7. The molecule has 0 spiro atoms. The van der Waals surface area contributed by atoms with Gasteiger partial charge in [0.15, 0.2) is 0 Å². The van der Waals surface area contributed by atoms with Gasteiger partial charge in [0.05, 0.1) is 24.9 Å². The Morgan fingerprint density at radius 1 is 0.956 bits per heavy atom. The minimum Gasteiger partial charge on any atom is -0.475 e. The molecule has 12 heteroatoms. The van der Waals surface area contributed by atoms with E-state index in [0.717, 1.165) is 15.0 Å². The third-order valence-electron chi connectivity index (χ3n) is 7.98. The Balaban J connectivity index is 1.34. The van der Waals surface area contributed by atoms with E-state index in [1.807, 2.05) is 71.6 Å². The number of carbonyl (C=O) groups is 2. The summed E-state index contributed by atoms with van der Waals surface area (Å²) < 4.78 is 36.8. The van der Waals surface area contributed by atoms with Gasteiger partial charge in [0.25, 0.3) is 15.9 Å². The van der Waals surface area contributed by atoms with Crippen LogP contribution in [0.4, 0.5) is 11.4 Å². The lowest BCUT2D eigenvalue weighted by molar-refractivity contribution is 0.0663. The number of benzene rings is 3. The van der Waals surface area contributed by atoms with Crippen molar-refractivity contribution < 1.29 is 27.5 Å². The first-order valence-corrected chi connectivity index (χ1v) is 17.4. The number of carbonyl (C=O) groups excluding carboxylic acids is 1. The predicted octanol–water partition coefficient (Wildman–Crippen LogP) is 6.66. The van der Waals surface area contributed by atoms with E-state index in [-0.39, 0.29) is 23.1 Å². The first-order valence-electron chi connectivity index (χ1n) is 14.3. The highest BCUT2D eigenvalue weighted by Gasteiger charge is 2.31. The van der Waals surface area contributed by atoms with Crippen molar-refractivity contribution in [3.05, 3.63) is 110 Å². The maximum Gasteiger partial charge on any atom is 0.372 e. The molecule has 1 aliphatic heterocycles. The number of thiophene rings is 1. The fourth-order valence-electron chi connectivity index (χ4n) is 5.62. The Morgan fingerprint density at radius 2 is 1.67 bits per heavy atom. The second-order valence-corrected chi connectivity index (χ2v) is 15.0. The Labute approximate surface area is 273 Å². The number of fused-ring (bicyclic) bond motifs is 1. The van der Waals surface area contributed by atoms with Gasteiger partial charge < -0.3 is 19.3 Å². The number of halogens is 1. The van der Waals surface area contributed by atoms with E-state index in [1.165, 1.54) is 33.8 Å². The molecule has 6 rings (SSSR count). The Hall–Kier alpha value is -4.13. The molecule has 232 valence electrons. The third-order valence-corrected chi connectivity index (χ3v) is 11.4. The molecule has 0 aliphatic carbocycles. The number of rotatable bonds is 9. The van der Waals surface area contributed by atoms with Gasteiger partial charge >= 0.3 is 5.97 Å². The van der Waals surface area contributed by atoms with Crippen molar-refractivity contribution >= 4 is 71.5 Å². The molecule has 3 heterocycles. The Morgan fingerprint density at radius 3 is 2.36 bits per heavy atom. The summed E-state index contributed by atoms with van der Waals surface area (Å²) in [5.74, 6) is -1.44. The number of sulfonamides is 1. The van der Waals surface area contributed by atoms with E-state index in [0.29, 0.717) is 59.7 Å². The van der Waals surface area contributed by atoms with Gasteiger partial charge in [0.2, 0.25) is 5.76 Å². The maximum absolute atomic E-state index is 14.5. The van der Waals surface area contributed by atoms with Gasteiger partial charge in [-0.1, -0.05) is 42.5 Å². The van der Waals surface area contributed by atoms with E-state index >= 15 is 0 Å². The molecule has 1 saturated heterocycles. The van der Waals surface area contributed by atoms with Gasteiger partial charge in [-0.05, 0) is 77.3 Å². The predicted molar refractivity (Wildman–Crippen MR) is 179 cm³/mol. The summed E-state index contributed by atoms with van der Waals surface area (Å²) in [6, 6.07) is 25.3. The van der Waals surface area contributed by atoms with Crippen LogP contribution in [0, 0.1) is 6.92 Å². The molecule has 2 aromatic heterocycles. The summed E-state index contributed by atoms with van der Waals surface area (Å²) in [4.78, 5) is 29.4. The molecule has 0 bridgehead atoms. The molecule has 1 fully saturated rings. The van der Waals surface area contributed by atoms with Crippen molar-refractivity contribution in [3.63, 3.8) is 0 Å². The molecular weight excluding hydrogens is 678 g/mol.